The van der Waals surface area contributed by atoms with E-state index in [0.717, 1.165) is 34.9 Å². The monoisotopic (exact) mass is 313 g/mol. The highest BCUT2D eigenvalue weighted by molar-refractivity contribution is 7.14. The van der Waals surface area contributed by atoms with Crippen LogP contribution in [0, 0.1) is 19.8 Å². The van der Waals surface area contributed by atoms with E-state index in [1.165, 1.54) is 28.8 Å². The predicted molar refractivity (Wildman–Crippen MR) is 94.0 cm³/mol. The summed E-state index contributed by atoms with van der Waals surface area (Å²) in [5.74, 6) is 0.816. The van der Waals surface area contributed by atoms with Crippen LogP contribution in [-0.2, 0) is 12.8 Å². The zero-order valence-electron chi connectivity index (χ0n) is 13.5. The van der Waals surface area contributed by atoms with E-state index >= 15 is 0 Å². The molecule has 0 fully saturated rings. The highest BCUT2D eigenvalue weighted by atomic mass is 32.1. The molecular weight excluding hydrogens is 290 g/mol. The molecule has 1 heterocycles. The number of carbonyl (C=O) groups is 1. The molecule has 0 saturated carbocycles. The van der Waals surface area contributed by atoms with E-state index in [1.54, 1.807) is 11.3 Å². The molecule has 0 spiro atoms. The molecule has 0 unspecified atom stereocenters. The van der Waals surface area contributed by atoms with Gasteiger partial charge in [0.2, 0.25) is 0 Å². The molecule has 0 saturated heterocycles. The molecule has 0 aliphatic heterocycles. The van der Waals surface area contributed by atoms with Crippen LogP contribution in [0.1, 0.15) is 51.0 Å². The Balaban J connectivity index is 1.77. The number of thiophene rings is 1. The third-order valence-electron chi connectivity index (χ3n) is 4.62. The van der Waals surface area contributed by atoms with Gasteiger partial charge in [0.15, 0.2) is 0 Å². The van der Waals surface area contributed by atoms with Crippen molar-refractivity contribution in [1.29, 1.82) is 0 Å². The number of fused-ring (bicyclic) bond motifs is 1. The van der Waals surface area contributed by atoms with Crippen molar-refractivity contribution in [2.45, 2.75) is 46.5 Å². The van der Waals surface area contributed by atoms with Gasteiger partial charge in [-0.3, -0.25) is 4.79 Å². The Morgan fingerprint density at radius 2 is 2.14 bits per heavy atom. The maximum absolute atomic E-state index is 12.5. The average Bonchev–Trinajstić information content (AvgIpc) is 2.93. The number of anilines is 1. The summed E-state index contributed by atoms with van der Waals surface area (Å²) in [5.41, 5.74) is 4.63. The largest absolute Gasteiger partial charge is 0.321 e. The van der Waals surface area contributed by atoms with Crippen LogP contribution in [-0.4, -0.2) is 5.91 Å². The van der Waals surface area contributed by atoms with Crippen LogP contribution in [0.2, 0.25) is 0 Å². The SMILES string of the molecule is CC[C@@H]1CCc2sc(C(=O)Nc3ccc(C)cc3C)cc2C1. The summed E-state index contributed by atoms with van der Waals surface area (Å²) in [6.07, 6.45) is 4.77. The Labute approximate surface area is 136 Å². The third kappa shape index (κ3) is 3.09. The smallest absolute Gasteiger partial charge is 0.265 e. The van der Waals surface area contributed by atoms with Crippen LogP contribution in [0.3, 0.4) is 0 Å². The number of benzene rings is 1. The lowest BCUT2D eigenvalue weighted by atomic mass is 9.87. The van der Waals surface area contributed by atoms with E-state index in [4.69, 9.17) is 0 Å². The van der Waals surface area contributed by atoms with Crippen molar-refractivity contribution >= 4 is 22.9 Å². The maximum atomic E-state index is 12.5. The number of carbonyl (C=O) groups excluding carboxylic acids is 1. The zero-order valence-corrected chi connectivity index (χ0v) is 14.3. The van der Waals surface area contributed by atoms with Gasteiger partial charge in [-0.2, -0.15) is 0 Å². The summed E-state index contributed by atoms with van der Waals surface area (Å²) < 4.78 is 0. The van der Waals surface area contributed by atoms with Crippen LogP contribution in [0.4, 0.5) is 5.69 Å². The van der Waals surface area contributed by atoms with Crippen molar-refractivity contribution in [3.8, 4) is 0 Å². The standard InChI is InChI=1S/C19H23NOS/c1-4-14-6-8-17-15(10-14)11-18(22-17)19(21)20-16-7-5-12(2)9-13(16)3/h5,7,9,11,14H,4,6,8,10H2,1-3H3,(H,20,21)/t14-/m1/s1. The highest BCUT2D eigenvalue weighted by Gasteiger charge is 2.22. The highest BCUT2D eigenvalue weighted by Crippen LogP contribution is 2.34. The summed E-state index contributed by atoms with van der Waals surface area (Å²) >= 11 is 1.67. The van der Waals surface area contributed by atoms with Crippen LogP contribution in [0.5, 0.6) is 0 Å². The van der Waals surface area contributed by atoms with Gasteiger partial charge in [0.1, 0.15) is 0 Å². The van der Waals surface area contributed by atoms with Crippen molar-refractivity contribution in [2.24, 2.45) is 5.92 Å². The van der Waals surface area contributed by atoms with Crippen molar-refractivity contribution in [2.75, 3.05) is 5.32 Å². The quantitative estimate of drug-likeness (QED) is 0.836. The molecule has 2 aromatic rings. The average molecular weight is 313 g/mol. The fourth-order valence-electron chi connectivity index (χ4n) is 3.20. The molecule has 1 N–H and O–H groups in total. The summed E-state index contributed by atoms with van der Waals surface area (Å²) in [5, 5.41) is 3.06. The number of amides is 1. The normalized spacial score (nSPS) is 17.1. The lowest BCUT2D eigenvalue weighted by molar-refractivity contribution is 0.103. The van der Waals surface area contributed by atoms with E-state index in [9.17, 15) is 4.79 Å². The first-order chi connectivity index (χ1) is 10.6. The number of hydrogen-bond acceptors (Lipinski definition) is 2. The third-order valence-corrected chi connectivity index (χ3v) is 5.85. The lowest BCUT2D eigenvalue weighted by Crippen LogP contribution is -2.11. The number of hydrogen-bond donors (Lipinski definition) is 1. The van der Waals surface area contributed by atoms with Gasteiger partial charge in [-0.15, -0.1) is 11.3 Å². The van der Waals surface area contributed by atoms with E-state index in [-0.39, 0.29) is 5.91 Å². The minimum absolute atomic E-state index is 0.0272. The Morgan fingerprint density at radius 1 is 1.32 bits per heavy atom. The summed E-state index contributed by atoms with van der Waals surface area (Å²) in [7, 11) is 0. The minimum Gasteiger partial charge on any atom is -0.321 e. The van der Waals surface area contributed by atoms with Gasteiger partial charge in [-0.1, -0.05) is 31.0 Å². The number of nitrogens with one attached hydrogen (secondary N) is 1. The molecule has 1 aliphatic rings. The van der Waals surface area contributed by atoms with E-state index in [2.05, 4.69) is 31.3 Å². The molecule has 116 valence electrons. The topological polar surface area (TPSA) is 29.1 Å². The summed E-state index contributed by atoms with van der Waals surface area (Å²) in [6, 6.07) is 8.23. The molecular formula is C19H23NOS. The lowest BCUT2D eigenvalue weighted by Gasteiger charge is -2.19. The molecule has 0 radical (unpaired) electrons. The second-order valence-corrected chi connectivity index (χ2v) is 7.49. The fourth-order valence-corrected chi connectivity index (χ4v) is 4.30. The molecule has 1 aliphatic carbocycles. The minimum atomic E-state index is 0.0272. The van der Waals surface area contributed by atoms with Gasteiger partial charge in [0.25, 0.3) is 5.91 Å². The van der Waals surface area contributed by atoms with E-state index in [0.29, 0.717) is 0 Å². The Hall–Kier alpha value is -1.61. The van der Waals surface area contributed by atoms with Gasteiger partial charge in [-0.25, -0.2) is 0 Å². The zero-order chi connectivity index (χ0) is 15.7. The van der Waals surface area contributed by atoms with Crippen molar-refractivity contribution in [3.63, 3.8) is 0 Å². The number of rotatable bonds is 3. The van der Waals surface area contributed by atoms with Crippen LogP contribution in [0.15, 0.2) is 24.3 Å². The molecule has 1 amide bonds. The molecule has 0 bridgehead atoms. The number of aryl methyl sites for hydroxylation is 3. The van der Waals surface area contributed by atoms with Gasteiger partial charge in [-0.05, 0) is 62.3 Å². The fraction of sp³-hybridized carbons (Fsp3) is 0.421. The molecule has 22 heavy (non-hydrogen) atoms. The Kier molecular flexibility index (Phi) is 4.34. The Bertz CT molecular complexity index is 701. The second-order valence-electron chi connectivity index (χ2n) is 6.35. The van der Waals surface area contributed by atoms with Crippen LogP contribution in [0.25, 0.3) is 0 Å². The first kappa shape index (κ1) is 15.3. The van der Waals surface area contributed by atoms with Gasteiger partial charge in [0, 0.05) is 10.6 Å². The molecule has 3 heteroatoms. The van der Waals surface area contributed by atoms with E-state index < -0.39 is 0 Å². The molecule has 2 nitrogen and oxygen atoms in total. The van der Waals surface area contributed by atoms with E-state index in [1.807, 2.05) is 19.1 Å². The molecule has 3 rings (SSSR count). The van der Waals surface area contributed by atoms with Gasteiger partial charge >= 0.3 is 0 Å². The molecule has 1 aromatic heterocycles. The van der Waals surface area contributed by atoms with Crippen LogP contribution < -0.4 is 5.32 Å². The summed E-state index contributed by atoms with van der Waals surface area (Å²) in [6.45, 7) is 6.36. The first-order valence-corrected chi connectivity index (χ1v) is 8.88. The molecule has 1 aromatic carbocycles. The van der Waals surface area contributed by atoms with Crippen molar-refractivity contribution in [1.82, 2.24) is 0 Å². The van der Waals surface area contributed by atoms with Crippen LogP contribution >= 0.6 is 11.3 Å². The second kappa shape index (κ2) is 6.25. The molecule has 1 atom stereocenters. The first-order valence-electron chi connectivity index (χ1n) is 8.07. The Morgan fingerprint density at radius 3 is 2.86 bits per heavy atom. The van der Waals surface area contributed by atoms with Crippen molar-refractivity contribution < 1.29 is 4.79 Å². The predicted octanol–water partition coefficient (Wildman–Crippen LogP) is 5.13. The summed E-state index contributed by atoms with van der Waals surface area (Å²) in [4.78, 5) is 14.8. The van der Waals surface area contributed by atoms with Crippen molar-refractivity contribution in [3.05, 3.63) is 50.7 Å². The van der Waals surface area contributed by atoms with Gasteiger partial charge < -0.3 is 5.32 Å². The van der Waals surface area contributed by atoms with Gasteiger partial charge in [0.05, 0.1) is 4.88 Å². The maximum Gasteiger partial charge on any atom is 0.265 e.